The van der Waals surface area contributed by atoms with Gasteiger partial charge in [-0.15, -0.1) is 0 Å². The van der Waals surface area contributed by atoms with Gasteiger partial charge in [-0.2, -0.15) is 0 Å². The third-order valence-corrected chi connectivity index (χ3v) is 5.96. The van der Waals surface area contributed by atoms with Crippen molar-refractivity contribution in [2.24, 2.45) is 0 Å². The third-order valence-electron chi connectivity index (χ3n) is 5.01. The fourth-order valence-electron chi connectivity index (χ4n) is 3.45. The number of carbonyl (C=O) groups is 1. The maximum Gasteiger partial charge on any atom is 0.278 e. The summed E-state index contributed by atoms with van der Waals surface area (Å²) >= 11 is 1.25. The Hall–Kier alpha value is -3.52. The molecule has 8 heteroatoms. The highest BCUT2D eigenvalue weighted by Gasteiger charge is 2.19. The summed E-state index contributed by atoms with van der Waals surface area (Å²) in [6.07, 6.45) is 1.81. The van der Waals surface area contributed by atoms with Crippen molar-refractivity contribution in [1.82, 2.24) is 14.5 Å². The Morgan fingerprint density at radius 2 is 1.88 bits per heavy atom. The Balaban J connectivity index is 1.62. The first-order valence-corrected chi connectivity index (χ1v) is 11.2. The molecule has 2 aromatic carbocycles. The average molecular weight is 449 g/mol. The lowest BCUT2D eigenvalue weighted by molar-refractivity contribution is -0.113. The second-order valence-electron chi connectivity index (χ2n) is 7.52. The average Bonchev–Trinajstić information content (AvgIpc) is 3.23. The molecule has 2 N–H and O–H groups in total. The predicted octanol–water partition coefficient (Wildman–Crippen LogP) is 4.71. The molecule has 0 saturated heterocycles. The number of methoxy groups -OCH3 is 1. The van der Waals surface area contributed by atoms with Crippen LogP contribution in [0.4, 0.5) is 5.69 Å². The number of fused-ring (bicyclic) bond motifs is 1. The molecule has 164 valence electrons. The first-order chi connectivity index (χ1) is 15.5. The van der Waals surface area contributed by atoms with Gasteiger partial charge in [0.15, 0.2) is 5.16 Å². The fraction of sp³-hybridized carbons (Fsp3) is 0.208. The van der Waals surface area contributed by atoms with E-state index in [9.17, 15) is 9.59 Å². The summed E-state index contributed by atoms with van der Waals surface area (Å²) in [4.78, 5) is 33.6. The molecule has 0 spiro atoms. The monoisotopic (exact) mass is 448 g/mol. The molecule has 7 nitrogen and oxygen atoms in total. The number of hydrogen-bond acceptors (Lipinski definition) is 5. The van der Waals surface area contributed by atoms with Crippen LogP contribution in [0.5, 0.6) is 5.75 Å². The number of amides is 1. The minimum absolute atomic E-state index is 0.102. The molecule has 4 rings (SSSR count). The number of anilines is 1. The first kappa shape index (κ1) is 21.7. The van der Waals surface area contributed by atoms with Crippen LogP contribution in [0.1, 0.15) is 19.9 Å². The van der Waals surface area contributed by atoms with Crippen molar-refractivity contribution in [2.45, 2.75) is 25.0 Å². The summed E-state index contributed by atoms with van der Waals surface area (Å²) in [6, 6.07) is 16.8. The highest BCUT2D eigenvalue weighted by atomic mass is 32.2. The molecule has 0 atom stereocenters. The van der Waals surface area contributed by atoms with E-state index in [1.165, 1.54) is 11.8 Å². The zero-order chi connectivity index (χ0) is 22.7. The molecular weight excluding hydrogens is 424 g/mol. The summed E-state index contributed by atoms with van der Waals surface area (Å²) in [5.41, 5.74) is 3.43. The van der Waals surface area contributed by atoms with Crippen LogP contribution in [-0.4, -0.2) is 33.3 Å². The number of nitrogens with one attached hydrogen (secondary N) is 2. The molecule has 2 aromatic heterocycles. The van der Waals surface area contributed by atoms with E-state index in [1.54, 1.807) is 35.9 Å². The molecule has 0 radical (unpaired) electrons. The number of aromatic amines is 1. The van der Waals surface area contributed by atoms with E-state index >= 15 is 0 Å². The van der Waals surface area contributed by atoms with E-state index in [1.807, 2.05) is 50.4 Å². The van der Waals surface area contributed by atoms with E-state index in [0.717, 1.165) is 16.9 Å². The number of aromatic nitrogens is 3. The molecule has 1 amide bonds. The van der Waals surface area contributed by atoms with Gasteiger partial charge in [0.1, 0.15) is 16.8 Å². The Morgan fingerprint density at radius 3 is 2.53 bits per heavy atom. The second-order valence-corrected chi connectivity index (χ2v) is 8.46. The van der Waals surface area contributed by atoms with Crippen LogP contribution in [0.15, 0.2) is 70.7 Å². The van der Waals surface area contributed by atoms with Gasteiger partial charge in [0.2, 0.25) is 5.91 Å². The Morgan fingerprint density at radius 1 is 1.16 bits per heavy atom. The van der Waals surface area contributed by atoms with Gasteiger partial charge in [0, 0.05) is 23.5 Å². The summed E-state index contributed by atoms with van der Waals surface area (Å²) in [5, 5.41) is 3.37. The number of carbonyl (C=O) groups excluding carboxylic acids is 1. The van der Waals surface area contributed by atoms with E-state index in [-0.39, 0.29) is 23.3 Å². The van der Waals surface area contributed by atoms with Crippen LogP contribution in [0.3, 0.4) is 0 Å². The van der Waals surface area contributed by atoms with Crippen LogP contribution in [-0.2, 0) is 4.79 Å². The first-order valence-electron chi connectivity index (χ1n) is 10.2. The van der Waals surface area contributed by atoms with Gasteiger partial charge in [0.05, 0.1) is 12.9 Å². The number of hydrogen-bond donors (Lipinski definition) is 2. The zero-order valence-corrected chi connectivity index (χ0v) is 18.9. The van der Waals surface area contributed by atoms with E-state index in [4.69, 9.17) is 9.72 Å². The minimum Gasteiger partial charge on any atom is -0.497 e. The minimum atomic E-state index is -0.179. The van der Waals surface area contributed by atoms with Gasteiger partial charge in [-0.05, 0) is 43.7 Å². The molecule has 0 saturated carbocycles. The Bertz CT molecular complexity index is 1290. The van der Waals surface area contributed by atoms with Crippen molar-refractivity contribution >= 4 is 34.4 Å². The van der Waals surface area contributed by atoms with Crippen molar-refractivity contribution in [3.05, 3.63) is 71.1 Å². The van der Waals surface area contributed by atoms with E-state index in [2.05, 4.69) is 10.3 Å². The molecule has 32 heavy (non-hydrogen) atoms. The third kappa shape index (κ3) is 4.40. The molecule has 4 aromatic rings. The Labute approximate surface area is 189 Å². The number of nitrogens with zero attached hydrogens (tertiary/aromatic N) is 2. The second kappa shape index (κ2) is 9.32. The van der Waals surface area contributed by atoms with Gasteiger partial charge < -0.3 is 15.0 Å². The van der Waals surface area contributed by atoms with Gasteiger partial charge >= 0.3 is 0 Å². The highest BCUT2D eigenvalue weighted by molar-refractivity contribution is 7.99. The number of thioether (sulfide) groups is 1. The highest BCUT2D eigenvalue weighted by Crippen LogP contribution is 2.28. The van der Waals surface area contributed by atoms with E-state index < -0.39 is 0 Å². The van der Waals surface area contributed by atoms with Crippen molar-refractivity contribution in [2.75, 3.05) is 18.2 Å². The summed E-state index contributed by atoms with van der Waals surface area (Å²) in [7, 11) is 1.59. The van der Waals surface area contributed by atoms with Gasteiger partial charge in [-0.3, -0.25) is 14.2 Å². The molecule has 0 aliphatic heterocycles. The van der Waals surface area contributed by atoms with E-state index in [0.29, 0.717) is 21.9 Å². The van der Waals surface area contributed by atoms with Crippen LogP contribution in [0.25, 0.3) is 22.2 Å². The van der Waals surface area contributed by atoms with Crippen molar-refractivity contribution < 1.29 is 9.53 Å². The molecule has 0 aliphatic carbocycles. The number of ether oxygens (including phenoxy) is 1. The predicted molar refractivity (Wildman–Crippen MR) is 129 cm³/mol. The summed E-state index contributed by atoms with van der Waals surface area (Å²) in [6.45, 7) is 3.86. The topological polar surface area (TPSA) is 89.0 Å². The smallest absolute Gasteiger partial charge is 0.278 e. The van der Waals surface area contributed by atoms with Crippen LogP contribution >= 0.6 is 11.8 Å². The number of benzene rings is 2. The lowest BCUT2D eigenvalue weighted by Crippen LogP contribution is -2.25. The molecule has 0 aliphatic rings. The van der Waals surface area contributed by atoms with Crippen LogP contribution in [0.2, 0.25) is 0 Å². The quantitative estimate of drug-likeness (QED) is 0.316. The van der Waals surface area contributed by atoms with Gasteiger partial charge in [-0.1, -0.05) is 42.1 Å². The van der Waals surface area contributed by atoms with Crippen LogP contribution < -0.4 is 15.6 Å². The largest absolute Gasteiger partial charge is 0.497 e. The molecular formula is C24H24N4O3S. The molecule has 2 heterocycles. The summed E-state index contributed by atoms with van der Waals surface area (Å²) < 4.78 is 6.76. The lowest BCUT2D eigenvalue weighted by Gasteiger charge is -2.15. The maximum atomic E-state index is 13.2. The van der Waals surface area contributed by atoms with Gasteiger partial charge in [0.25, 0.3) is 5.56 Å². The SMILES string of the molecule is COc1ccc(NC(=O)CSc2nc3c(-c4ccccc4)c[nH]c3c(=O)n2C(C)C)cc1. The summed E-state index contributed by atoms with van der Waals surface area (Å²) in [5.74, 6) is 0.667. The number of H-pyrrole nitrogens is 1. The lowest BCUT2D eigenvalue weighted by atomic mass is 10.1. The molecule has 0 bridgehead atoms. The van der Waals surface area contributed by atoms with Crippen molar-refractivity contribution in [1.29, 1.82) is 0 Å². The standard InChI is InChI=1S/C24H24N4O3S/c1-15(2)28-23(30)22-21(19(13-25-22)16-7-5-4-6-8-16)27-24(28)32-14-20(29)26-17-9-11-18(31-3)12-10-17/h4-13,15,25H,14H2,1-3H3,(H,26,29). The fourth-order valence-corrected chi connectivity index (χ4v) is 4.37. The maximum absolute atomic E-state index is 13.2. The molecule has 0 unspecified atom stereocenters. The zero-order valence-electron chi connectivity index (χ0n) is 18.1. The Kier molecular flexibility index (Phi) is 6.32. The van der Waals surface area contributed by atoms with Crippen molar-refractivity contribution in [3.63, 3.8) is 0 Å². The van der Waals surface area contributed by atoms with Crippen LogP contribution in [0, 0.1) is 0 Å². The van der Waals surface area contributed by atoms with Crippen molar-refractivity contribution in [3.8, 4) is 16.9 Å². The normalized spacial score (nSPS) is 11.1. The number of rotatable bonds is 7. The van der Waals surface area contributed by atoms with Gasteiger partial charge in [-0.25, -0.2) is 4.98 Å². The molecule has 0 fully saturated rings.